The van der Waals surface area contributed by atoms with Gasteiger partial charge < -0.3 is 9.84 Å². The smallest absolute Gasteiger partial charge is 0.261 e. The van der Waals surface area contributed by atoms with Gasteiger partial charge in [0.15, 0.2) is 5.76 Å². The Bertz CT molecular complexity index is 590. The van der Waals surface area contributed by atoms with E-state index in [1.807, 2.05) is 13.8 Å². The van der Waals surface area contributed by atoms with Crippen LogP contribution in [0.3, 0.4) is 0 Å². The highest BCUT2D eigenvalue weighted by atomic mass is 79.9. The van der Waals surface area contributed by atoms with E-state index in [1.54, 1.807) is 25.3 Å². The molecule has 1 N–H and O–H groups in total. The lowest BCUT2D eigenvalue weighted by Crippen LogP contribution is -2.14. The molecule has 0 radical (unpaired) electrons. The van der Waals surface area contributed by atoms with Crippen molar-refractivity contribution in [3.8, 4) is 0 Å². The van der Waals surface area contributed by atoms with Crippen LogP contribution in [0.4, 0.5) is 5.69 Å². The summed E-state index contributed by atoms with van der Waals surface area (Å²) in [7, 11) is 0. The molecule has 0 atom stereocenters. The summed E-state index contributed by atoms with van der Waals surface area (Å²) in [6.45, 7) is 5.67. The van der Waals surface area contributed by atoms with Gasteiger partial charge in [-0.25, -0.2) is 4.98 Å². The number of carbonyl (C=O) groups is 1. The Morgan fingerprint density at radius 1 is 1.42 bits per heavy atom. The number of amides is 1. The van der Waals surface area contributed by atoms with Crippen molar-refractivity contribution < 1.29 is 9.32 Å². The lowest BCUT2D eigenvalue weighted by molar-refractivity contribution is 0.102. The Kier molecular flexibility index (Phi) is 3.99. The fourth-order valence-corrected chi connectivity index (χ4v) is 1.94. The molecule has 2 aromatic heterocycles. The third kappa shape index (κ3) is 3.01. The summed E-state index contributed by atoms with van der Waals surface area (Å²) in [6.07, 6.45) is 1.58. The average Bonchev–Trinajstić information content (AvgIpc) is 2.74. The van der Waals surface area contributed by atoms with Gasteiger partial charge in [0, 0.05) is 5.92 Å². The first-order valence-electron chi connectivity index (χ1n) is 5.88. The third-order valence-electron chi connectivity index (χ3n) is 2.63. The van der Waals surface area contributed by atoms with Gasteiger partial charge in [0.05, 0.1) is 17.6 Å². The summed E-state index contributed by atoms with van der Waals surface area (Å²) < 4.78 is 5.92. The van der Waals surface area contributed by atoms with Gasteiger partial charge in [-0.15, -0.1) is 0 Å². The first kappa shape index (κ1) is 13.7. The SMILES string of the molecule is Cc1noc(C(C)C)c1C(=O)Nc1ccc(Br)nc1. The highest BCUT2D eigenvalue weighted by molar-refractivity contribution is 9.10. The second-order valence-corrected chi connectivity index (χ2v) is 5.30. The Hall–Kier alpha value is -1.69. The van der Waals surface area contributed by atoms with Gasteiger partial charge in [0.25, 0.3) is 5.91 Å². The zero-order valence-electron chi connectivity index (χ0n) is 10.9. The zero-order valence-corrected chi connectivity index (χ0v) is 12.5. The molecule has 0 aliphatic heterocycles. The maximum atomic E-state index is 12.3. The number of anilines is 1. The van der Waals surface area contributed by atoms with Crippen LogP contribution in [0.15, 0.2) is 27.5 Å². The number of halogens is 1. The Morgan fingerprint density at radius 3 is 2.74 bits per heavy atom. The summed E-state index contributed by atoms with van der Waals surface area (Å²) in [5.74, 6) is 0.469. The predicted molar refractivity (Wildman–Crippen MR) is 75.2 cm³/mol. The summed E-state index contributed by atoms with van der Waals surface area (Å²) in [5.41, 5.74) is 1.72. The molecule has 0 aliphatic rings. The van der Waals surface area contributed by atoms with Crippen molar-refractivity contribution in [3.63, 3.8) is 0 Å². The van der Waals surface area contributed by atoms with Crippen molar-refractivity contribution in [1.29, 1.82) is 0 Å². The molecule has 6 heteroatoms. The number of hydrogen-bond acceptors (Lipinski definition) is 4. The maximum absolute atomic E-state index is 12.3. The Labute approximate surface area is 119 Å². The molecule has 0 spiro atoms. The summed E-state index contributed by atoms with van der Waals surface area (Å²) in [4.78, 5) is 16.3. The fraction of sp³-hybridized carbons (Fsp3) is 0.308. The topological polar surface area (TPSA) is 68.0 Å². The van der Waals surface area contributed by atoms with E-state index >= 15 is 0 Å². The second kappa shape index (κ2) is 5.52. The van der Waals surface area contributed by atoms with Crippen LogP contribution in [0, 0.1) is 6.92 Å². The lowest BCUT2D eigenvalue weighted by Gasteiger charge is -2.06. The molecule has 0 fully saturated rings. The quantitative estimate of drug-likeness (QED) is 0.877. The minimum Gasteiger partial charge on any atom is -0.360 e. The molecule has 2 rings (SSSR count). The van der Waals surface area contributed by atoms with Gasteiger partial charge in [0.2, 0.25) is 0 Å². The van der Waals surface area contributed by atoms with E-state index in [9.17, 15) is 4.79 Å². The lowest BCUT2D eigenvalue weighted by atomic mass is 10.0. The molecule has 0 saturated heterocycles. The standard InChI is InChI=1S/C13H14BrN3O2/c1-7(2)12-11(8(3)17-19-12)13(18)16-9-4-5-10(14)15-6-9/h4-7H,1-3H3,(H,16,18). The van der Waals surface area contributed by atoms with Crippen LogP contribution in [0.25, 0.3) is 0 Å². The molecule has 0 unspecified atom stereocenters. The second-order valence-electron chi connectivity index (χ2n) is 4.49. The highest BCUT2D eigenvalue weighted by Gasteiger charge is 2.22. The van der Waals surface area contributed by atoms with Crippen LogP contribution in [-0.4, -0.2) is 16.0 Å². The summed E-state index contributed by atoms with van der Waals surface area (Å²) >= 11 is 3.24. The summed E-state index contributed by atoms with van der Waals surface area (Å²) in [6, 6.07) is 3.53. The van der Waals surface area contributed by atoms with E-state index in [2.05, 4.69) is 31.4 Å². The zero-order chi connectivity index (χ0) is 14.0. The van der Waals surface area contributed by atoms with Gasteiger partial charge in [-0.2, -0.15) is 0 Å². The van der Waals surface area contributed by atoms with E-state index in [1.165, 1.54) is 0 Å². The van der Waals surface area contributed by atoms with Crippen LogP contribution in [0.2, 0.25) is 0 Å². The molecule has 2 aromatic rings. The number of nitrogens with zero attached hydrogens (tertiary/aromatic N) is 2. The predicted octanol–water partition coefficient (Wildman–Crippen LogP) is 3.52. The highest BCUT2D eigenvalue weighted by Crippen LogP contribution is 2.23. The van der Waals surface area contributed by atoms with Gasteiger partial charge in [-0.05, 0) is 35.0 Å². The van der Waals surface area contributed by atoms with Crippen LogP contribution in [-0.2, 0) is 0 Å². The molecule has 19 heavy (non-hydrogen) atoms. The normalized spacial score (nSPS) is 10.8. The van der Waals surface area contributed by atoms with Gasteiger partial charge >= 0.3 is 0 Å². The third-order valence-corrected chi connectivity index (χ3v) is 3.09. The van der Waals surface area contributed by atoms with Crippen molar-refractivity contribution in [1.82, 2.24) is 10.1 Å². The molecular formula is C13H14BrN3O2. The number of hydrogen-bond donors (Lipinski definition) is 1. The van der Waals surface area contributed by atoms with Crippen molar-refractivity contribution in [2.45, 2.75) is 26.7 Å². The average molecular weight is 324 g/mol. The van der Waals surface area contributed by atoms with E-state index < -0.39 is 0 Å². The van der Waals surface area contributed by atoms with E-state index in [0.29, 0.717) is 22.7 Å². The Balaban J connectivity index is 2.25. The molecule has 0 saturated carbocycles. The number of carbonyl (C=O) groups excluding carboxylic acids is 1. The van der Waals surface area contributed by atoms with E-state index in [0.717, 1.165) is 4.60 Å². The molecule has 0 aromatic carbocycles. The minimum absolute atomic E-state index is 0.102. The van der Waals surface area contributed by atoms with Crippen molar-refractivity contribution in [2.24, 2.45) is 0 Å². The fourth-order valence-electron chi connectivity index (χ4n) is 1.70. The van der Waals surface area contributed by atoms with Crippen molar-refractivity contribution >= 4 is 27.5 Å². The van der Waals surface area contributed by atoms with Gasteiger partial charge in [0.1, 0.15) is 10.2 Å². The monoisotopic (exact) mass is 323 g/mol. The van der Waals surface area contributed by atoms with Gasteiger partial charge in [-0.1, -0.05) is 19.0 Å². The van der Waals surface area contributed by atoms with Gasteiger partial charge in [-0.3, -0.25) is 4.79 Å². The van der Waals surface area contributed by atoms with E-state index in [-0.39, 0.29) is 11.8 Å². The number of rotatable bonds is 3. The van der Waals surface area contributed by atoms with Crippen LogP contribution in [0.5, 0.6) is 0 Å². The van der Waals surface area contributed by atoms with E-state index in [4.69, 9.17) is 4.52 Å². The number of pyridine rings is 1. The maximum Gasteiger partial charge on any atom is 0.261 e. The number of aryl methyl sites for hydroxylation is 1. The molecule has 5 nitrogen and oxygen atoms in total. The molecule has 0 bridgehead atoms. The molecule has 2 heterocycles. The molecule has 100 valence electrons. The van der Waals surface area contributed by atoms with Crippen LogP contribution < -0.4 is 5.32 Å². The number of aromatic nitrogens is 2. The first-order valence-corrected chi connectivity index (χ1v) is 6.67. The summed E-state index contributed by atoms with van der Waals surface area (Å²) in [5, 5.41) is 6.64. The van der Waals surface area contributed by atoms with Crippen LogP contribution >= 0.6 is 15.9 Å². The van der Waals surface area contributed by atoms with Crippen molar-refractivity contribution in [3.05, 3.63) is 40.0 Å². The molecule has 0 aliphatic carbocycles. The molecular weight excluding hydrogens is 310 g/mol. The first-order chi connectivity index (χ1) is 8.99. The molecule has 1 amide bonds. The Morgan fingerprint density at radius 2 is 2.16 bits per heavy atom. The number of nitrogens with one attached hydrogen (secondary N) is 1. The van der Waals surface area contributed by atoms with Crippen LogP contribution in [0.1, 0.15) is 41.6 Å². The minimum atomic E-state index is -0.230. The van der Waals surface area contributed by atoms with Crippen molar-refractivity contribution in [2.75, 3.05) is 5.32 Å². The largest absolute Gasteiger partial charge is 0.360 e.